The Morgan fingerprint density at radius 3 is 1.55 bits per heavy atom. The molecule has 0 bridgehead atoms. The number of nitrogens with two attached hydrogens (primary N) is 2. The van der Waals surface area contributed by atoms with Gasteiger partial charge in [-0.2, -0.15) is 0 Å². The normalized spacial score (nSPS) is 25.9. The monoisotopic (exact) mass is 1730 g/mol. The Balaban J connectivity index is 0.000000151. The molecule has 7 aromatic carbocycles. The van der Waals surface area contributed by atoms with Crippen LogP contribution in [-0.2, 0) is 74.9 Å². The highest BCUT2D eigenvalue weighted by Gasteiger charge is 2.53. The number of aliphatic imine (C=N–C) groups is 2. The Bertz CT molecular complexity index is 4630. The van der Waals surface area contributed by atoms with Crippen LogP contribution in [0.3, 0.4) is 0 Å². The number of benzene rings is 7. The molecule has 7 fully saturated rings. The van der Waals surface area contributed by atoms with E-state index in [9.17, 15) is 41.8 Å². The zero-order valence-electron chi connectivity index (χ0n) is 67.3. The van der Waals surface area contributed by atoms with Crippen molar-refractivity contribution in [3.05, 3.63) is 276 Å². The van der Waals surface area contributed by atoms with Gasteiger partial charge in [-0.15, -0.1) is 16.9 Å². The molecule has 7 aromatic rings. The number of ketones is 2. The summed E-state index contributed by atoms with van der Waals surface area (Å²) in [6.45, 7) is 15.7. The minimum Gasteiger partial charge on any atom is -0.502 e. The van der Waals surface area contributed by atoms with Crippen molar-refractivity contribution in [2.45, 2.75) is 59.6 Å². The number of rotatable bonds is 23. The molecule has 0 aromatic heterocycles. The van der Waals surface area contributed by atoms with Gasteiger partial charge in [0.05, 0.1) is 159 Å². The van der Waals surface area contributed by atoms with E-state index in [1.54, 1.807) is 90.6 Å². The van der Waals surface area contributed by atoms with Gasteiger partial charge in [-0.1, -0.05) is 194 Å². The summed E-state index contributed by atoms with van der Waals surface area (Å²) in [6, 6.07) is 51.6. The summed E-state index contributed by atoms with van der Waals surface area (Å²) in [5, 5.41) is 42.9. The molecule has 0 saturated carbocycles. The van der Waals surface area contributed by atoms with E-state index >= 15 is 0 Å². The molecule has 17 rings (SSSR count). The average molecular weight is 1730 g/mol. The molecule has 10 aliphatic heterocycles. The number of aliphatic hydroxyl groups is 3. The molecule has 121 heavy (non-hydrogen) atoms. The first-order chi connectivity index (χ1) is 58.8. The largest absolute Gasteiger partial charge is 0.502 e. The van der Waals surface area contributed by atoms with E-state index in [2.05, 4.69) is 33.2 Å². The molecule has 8 N–H and O–H groups in total. The number of carbonyl (C=O) groups excluding carboxylic acids is 2. The third-order valence-electron chi connectivity index (χ3n) is 22.4. The second kappa shape index (κ2) is 47.1. The van der Waals surface area contributed by atoms with Crippen LogP contribution in [-0.4, -0.2) is 203 Å². The van der Waals surface area contributed by atoms with Gasteiger partial charge >= 0.3 is 0 Å². The maximum absolute atomic E-state index is 14.5. The van der Waals surface area contributed by atoms with E-state index in [1.807, 2.05) is 72.8 Å². The molecule has 7 saturated heterocycles. The first kappa shape index (κ1) is 94.3. The summed E-state index contributed by atoms with van der Waals surface area (Å²) < 4.78 is 118. The van der Waals surface area contributed by atoms with E-state index in [-0.39, 0.29) is 116 Å². The molecule has 1 unspecified atom stereocenters. The van der Waals surface area contributed by atoms with Gasteiger partial charge < -0.3 is 79.5 Å². The molecule has 10 aliphatic rings. The highest BCUT2D eigenvalue weighted by molar-refractivity contribution is 8.14. The lowest BCUT2D eigenvalue weighted by Gasteiger charge is -2.35. The second-order valence-corrected chi connectivity index (χ2v) is 32.8. The Morgan fingerprint density at radius 2 is 1.01 bits per heavy atom. The van der Waals surface area contributed by atoms with Crippen molar-refractivity contribution in [3.8, 4) is 0 Å². The quantitative estimate of drug-likeness (QED) is 0.00507. The number of hydrogen-bond donors (Lipinski definition) is 6. The fourth-order valence-corrected chi connectivity index (χ4v) is 18.4. The molecule has 9 atom stereocenters. The van der Waals surface area contributed by atoms with Gasteiger partial charge in [0, 0.05) is 118 Å². The Morgan fingerprint density at radius 1 is 0.537 bits per heavy atom. The number of hydrogen-bond acceptors (Lipinski definition) is 25. The second-order valence-electron chi connectivity index (χ2n) is 30.1. The van der Waals surface area contributed by atoms with Crippen molar-refractivity contribution in [1.29, 1.82) is 0 Å². The zero-order chi connectivity index (χ0) is 86.1. The lowest BCUT2D eigenvalue weighted by Crippen LogP contribution is -2.45. The van der Waals surface area contributed by atoms with Gasteiger partial charge in [-0.25, -0.2) is 26.9 Å². The molecular formula is C91H105F5N6O16S3. The first-order valence-electron chi connectivity index (χ1n) is 39.9. The van der Waals surface area contributed by atoms with Gasteiger partial charge in [0.1, 0.15) is 46.8 Å². The summed E-state index contributed by atoms with van der Waals surface area (Å²) in [4.78, 5) is 39.7. The maximum Gasteiger partial charge on any atom is 0.169 e. The van der Waals surface area contributed by atoms with Crippen LogP contribution in [0.15, 0.2) is 228 Å². The highest BCUT2D eigenvalue weighted by atomic mass is 32.2. The summed E-state index contributed by atoms with van der Waals surface area (Å²) in [7, 11) is 0. The Kier molecular flexibility index (Phi) is 36.7. The summed E-state index contributed by atoms with van der Waals surface area (Å²) in [6.07, 6.45) is 6.08. The van der Waals surface area contributed by atoms with Crippen molar-refractivity contribution in [2.75, 3.05) is 144 Å². The number of amidine groups is 1. The number of fused-ring (bicyclic) bond motifs is 4. The summed E-state index contributed by atoms with van der Waals surface area (Å²) in [5.74, 6) is 0.917. The SMILES string of the molecule is C1OCC2CON=C12.C=COCC/C=N/O.C=COCCCO.Fc1ccccc1C12COCC1COC2.NC1=N[C@@]2(c3ccccc3F)COC[C@H]2CS1.N[C@@]1(c2ccccc2F)COC[C@H]1CO.O=C(CC(=S)C[C@@]1(c2ccccc2F)COC[C@H]1CO)c1ccccc1.O=C(CC1=N[C@@]2(c3ccccc3F)COC[C@H]2CS1)c1ccccc1. The summed E-state index contributed by atoms with van der Waals surface area (Å²) >= 11 is 8.61. The van der Waals surface area contributed by atoms with Crippen LogP contribution >= 0.6 is 35.7 Å². The minimum absolute atomic E-state index is 0.0351. The molecule has 648 valence electrons. The van der Waals surface area contributed by atoms with Gasteiger partial charge in [-0.05, 0) is 47.9 Å². The number of thioether (sulfide) groups is 2. The smallest absolute Gasteiger partial charge is 0.169 e. The lowest BCUT2D eigenvalue weighted by atomic mass is 9.69. The van der Waals surface area contributed by atoms with Crippen molar-refractivity contribution in [3.63, 3.8) is 0 Å². The standard InChI is InChI=1S/C21H21FO3S.C20H18FNO2S.C12H13FN2OS.C12H13FO2.C11H14FNO2.C5H7NO2.C5H9NO2.C5H10O2/c22-19-9-5-4-8-18(19)21(14-25-13-16(21)12-23)11-17(26)10-20(24)15-6-2-1-3-7-15;21-17-9-5-4-8-16(17)20-13-24-11-15(20)12-25-19(22-20)10-18(23)14-6-2-1-3-7-14;13-10-4-2-1-3-9(10)12-7-16-5-8(12)6-17-11(14)15-12;13-11-4-2-1-3-10(11)12-7-14-5-9(12)6-15-8-12;12-10-4-2-1-3-9(10)11(13)7-15-6-8(11)5-14;1-4-2-8-6-5(4)3-7-1;1-2-8-5-3-4-6-7;1-2-7-5-3-4-6/h1-9,16,23H,10-14H2;1-9,15H,10-13H2;1-4,8H,5-7H2,(H2,14,15);1-4,9H,5-8H2;1-4,8,14H,5-7,13H2;4H,1-3H2;2,4,7H,1,3,5H2;2,6H,1,3-5H2/b;;;;;;6-4+;/t16-,21-;15-,20-;8-,12-;;8-,11+;;;/m100.1.../s1. The van der Waals surface area contributed by atoms with Gasteiger partial charge in [0.25, 0.3) is 0 Å². The number of aliphatic hydroxyl groups excluding tert-OH is 3. The van der Waals surface area contributed by atoms with Crippen molar-refractivity contribution in [1.82, 2.24) is 0 Å². The van der Waals surface area contributed by atoms with E-state index in [0.717, 1.165) is 41.0 Å². The number of ether oxygens (including phenoxy) is 9. The van der Waals surface area contributed by atoms with Crippen LogP contribution < -0.4 is 11.5 Å². The fraction of sp³-hybridized carbons (Fsp3) is 0.418. The zero-order valence-corrected chi connectivity index (χ0v) is 69.7. The predicted molar refractivity (Wildman–Crippen MR) is 460 cm³/mol. The molecule has 0 aliphatic carbocycles. The van der Waals surface area contributed by atoms with Crippen LogP contribution in [0.2, 0.25) is 0 Å². The van der Waals surface area contributed by atoms with Crippen molar-refractivity contribution in [2.24, 2.45) is 67.3 Å². The Hall–Kier alpha value is -8.96. The van der Waals surface area contributed by atoms with Gasteiger partial charge in [0.2, 0.25) is 0 Å². The third kappa shape index (κ3) is 24.1. The molecule has 10 heterocycles. The van der Waals surface area contributed by atoms with Gasteiger partial charge in [0.15, 0.2) is 16.7 Å². The van der Waals surface area contributed by atoms with Crippen LogP contribution in [0.1, 0.15) is 80.6 Å². The van der Waals surface area contributed by atoms with E-state index in [0.29, 0.717) is 160 Å². The predicted octanol–water partition coefficient (Wildman–Crippen LogP) is 13.5. The molecule has 0 spiro atoms. The lowest BCUT2D eigenvalue weighted by molar-refractivity contribution is 0.0992. The van der Waals surface area contributed by atoms with Crippen LogP contribution in [0.5, 0.6) is 0 Å². The van der Waals surface area contributed by atoms with E-state index < -0.39 is 22.0 Å². The van der Waals surface area contributed by atoms with Gasteiger partial charge in [-0.3, -0.25) is 14.6 Å². The third-order valence-corrected chi connectivity index (χ3v) is 24.8. The number of carbonyl (C=O) groups is 2. The fourth-order valence-electron chi connectivity index (χ4n) is 15.8. The van der Waals surface area contributed by atoms with E-state index in [1.165, 1.54) is 60.8 Å². The number of thiocarbonyl (C=S) groups is 1. The Labute approximate surface area is 715 Å². The number of oxime groups is 2. The highest BCUT2D eigenvalue weighted by Crippen LogP contribution is 2.49. The molecule has 22 nitrogen and oxygen atoms in total. The first-order valence-corrected chi connectivity index (χ1v) is 42.2. The minimum atomic E-state index is -0.903. The number of Topliss-reactive ketones (excluding diaryl/α,β-unsaturated/α-hetero) is 2. The van der Waals surface area contributed by atoms with Crippen molar-refractivity contribution < 1.29 is 99.5 Å². The molecule has 0 amide bonds. The van der Waals surface area contributed by atoms with E-state index in [4.69, 9.17) is 81.7 Å². The van der Waals surface area contributed by atoms with Crippen LogP contribution in [0, 0.1) is 64.6 Å². The molecule has 30 heteroatoms. The average Bonchev–Trinajstić information content (AvgIpc) is 1.63. The van der Waals surface area contributed by atoms with Crippen LogP contribution in [0.4, 0.5) is 22.0 Å². The van der Waals surface area contributed by atoms with Crippen LogP contribution in [0.25, 0.3) is 0 Å². The maximum atomic E-state index is 14.5. The molecular weight excluding hydrogens is 1620 g/mol. The summed E-state index contributed by atoms with van der Waals surface area (Å²) in [5.41, 5.74) is 13.9. The molecule has 0 radical (unpaired) electrons. The number of halogens is 5. The number of nitrogens with zero attached hydrogens (tertiary/aromatic N) is 4. The van der Waals surface area contributed by atoms with Crippen molar-refractivity contribution >= 4 is 74.3 Å². The topological polar surface area (TPSA) is 309 Å².